The molecule has 0 radical (unpaired) electrons. The number of piperidine rings is 1. The van der Waals surface area contributed by atoms with Crippen LogP contribution in [0.25, 0.3) is 0 Å². The van der Waals surface area contributed by atoms with Gasteiger partial charge in [-0.05, 0) is 62.6 Å². The van der Waals surface area contributed by atoms with Gasteiger partial charge in [0.25, 0.3) is 0 Å². The standard InChI is InChI=1S/C24H29N3O3/c28-18-4-3-16-11-19-24(29)6-5-17(13-26-10-8-25-14-26)22-23(24,20(16)21(18)30-22)7-9-27(19)12-15-1-2-15/h3-4,8,10,14-15,17,19,22,28-29H,1-2,5-7,9,11-13H2/t17-,19-,22+,23+,24?/m1/s1. The van der Waals surface area contributed by atoms with Crippen molar-refractivity contribution in [3.05, 3.63) is 42.0 Å². The van der Waals surface area contributed by atoms with Gasteiger partial charge in [0.15, 0.2) is 11.5 Å². The summed E-state index contributed by atoms with van der Waals surface area (Å²) in [7, 11) is 0. The Balaban J connectivity index is 1.37. The molecule has 1 unspecified atom stereocenters. The molecule has 158 valence electrons. The lowest BCUT2D eigenvalue weighted by molar-refractivity contribution is -0.199. The molecule has 2 saturated carbocycles. The maximum Gasteiger partial charge on any atom is 0.165 e. The highest BCUT2D eigenvalue weighted by molar-refractivity contribution is 5.62. The van der Waals surface area contributed by atoms with E-state index < -0.39 is 11.0 Å². The fourth-order valence-electron chi connectivity index (χ4n) is 7.44. The third-order valence-corrected chi connectivity index (χ3v) is 8.89. The molecule has 5 aliphatic rings. The van der Waals surface area contributed by atoms with E-state index in [-0.39, 0.29) is 23.8 Å². The molecule has 5 atom stereocenters. The Morgan fingerprint density at radius 3 is 2.87 bits per heavy atom. The Morgan fingerprint density at radius 2 is 2.07 bits per heavy atom. The molecule has 3 fully saturated rings. The van der Waals surface area contributed by atoms with Crippen LogP contribution >= 0.6 is 0 Å². The fourth-order valence-corrected chi connectivity index (χ4v) is 7.44. The van der Waals surface area contributed by atoms with Crippen LogP contribution in [0.5, 0.6) is 11.5 Å². The van der Waals surface area contributed by atoms with E-state index in [0.29, 0.717) is 5.75 Å². The highest BCUT2D eigenvalue weighted by Crippen LogP contribution is 2.66. The van der Waals surface area contributed by atoms with Crippen LogP contribution in [0.1, 0.15) is 43.2 Å². The molecule has 2 aliphatic heterocycles. The zero-order valence-electron chi connectivity index (χ0n) is 17.2. The van der Waals surface area contributed by atoms with Crippen LogP contribution in [-0.4, -0.2) is 55.5 Å². The van der Waals surface area contributed by atoms with Gasteiger partial charge >= 0.3 is 0 Å². The number of nitrogens with zero attached hydrogens (tertiary/aromatic N) is 3. The van der Waals surface area contributed by atoms with Gasteiger partial charge in [0, 0.05) is 43.0 Å². The third-order valence-electron chi connectivity index (χ3n) is 8.89. The number of aliphatic hydroxyl groups is 1. The van der Waals surface area contributed by atoms with E-state index in [4.69, 9.17) is 4.74 Å². The van der Waals surface area contributed by atoms with Gasteiger partial charge in [0.05, 0.1) is 17.3 Å². The van der Waals surface area contributed by atoms with Crippen LogP contribution in [0.4, 0.5) is 0 Å². The number of phenolic OH excluding ortho intramolecular Hbond substituents is 1. The van der Waals surface area contributed by atoms with Gasteiger partial charge in [-0.25, -0.2) is 4.98 Å². The van der Waals surface area contributed by atoms with E-state index >= 15 is 0 Å². The molecule has 3 aliphatic carbocycles. The number of imidazole rings is 1. The Bertz CT molecular complexity index is 1000. The highest BCUT2D eigenvalue weighted by atomic mass is 16.5. The summed E-state index contributed by atoms with van der Waals surface area (Å²) >= 11 is 0. The number of aromatic hydroxyl groups is 1. The van der Waals surface area contributed by atoms with Gasteiger partial charge in [-0.2, -0.15) is 0 Å². The predicted octanol–water partition coefficient (Wildman–Crippen LogP) is 2.47. The summed E-state index contributed by atoms with van der Waals surface area (Å²) in [4.78, 5) is 6.80. The minimum absolute atomic E-state index is 0.105. The SMILES string of the molecule is Oc1ccc2c3c1O[C@H]1[C@@H](Cn4ccnc4)CCC4(O)[C@@H](C2)N(CC2CC2)CC[C@]314. The van der Waals surface area contributed by atoms with Gasteiger partial charge in [0.1, 0.15) is 6.10 Å². The van der Waals surface area contributed by atoms with Crippen molar-refractivity contribution in [1.29, 1.82) is 0 Å². The first-order chi connectivity index (χ1) is 14.6. The third kappa shape index (κ3) is 2.09. The molecule has 1 aromatic heterocycles. The largest absolute Gasteiger partial charge is 0.504 e. The molecule has 1 aromatic carbocycles. The summed E-state index contributed by atoms with van der Waals surface area (Å²) < 4.78 is 8.73. The van der Waals surface area contributed by atoms with Crippen molar-refractivity contribution in [2.24, 2.45) is 11.8 Å². The predicted molar refractivity (Wildman–Crippen MR) is 111 cm³/mol. The van der Waals surface area contributed by atoms with Crippen molar-refractivity contribution in [3.8, 4) is 11.5 Å². The van der Waals surface area contributed by atoms with Crippen LogP contribution in [-0.2, 0) is 18.4 Å². The molecule has 2 bridgehead atoms. The van der Waals surface area contributed by atoms with Crippen molar-refractivity contribution in [3.63, 3.8) is 0 Å². The molecule has 2 aromatic rings. The summed E-state index contributed by atoms with van der Waals surface area (Å²) in [6, 6.07) is 4.02. The second kappa shape index (κ2) is 5.80. The van der Waals surface area contributed by atoms with Crippen LogP contribution in [0.2, 0.25) is 0 Å². The second-order valence-electron chi connectivity index (χ2n) is 10.3. The lowest BCUT2D eigenvalue weighted by Gasteiger charge is -2.64. The first kappa shape index (κ1) is 17.6. The van der Waals surface area contributed by atoms with Gasteiger partial charge in [-0.3, -0.25) is 4.90 Å². The first-order valence-corrected chi connectivity index (χ1v) is 11.5. The number of benzene rings is 1. The first-order valence-electron chi connectivity index (χ1n) is 11.5. The van der Waals surface area contributed by atoms with Crippen molar-refractivity contribution in [2.45, 2.75) is 68.2 Å². The molecule has 30 heavy (non-hydrogen) atoms. The quantitative estimate of drug-likeness (QED) is 0.815. The maximum absolute atomic E-state index is 12.4. The summed E-state index contributed by atoms with van der Waals surface area (Å²) in [5.74, 6) is 1.96. The maximum atomic E-state index is 12.4. The van der Waals surface area contributed by atoms with Crippen molar-refractivity contribution in [1.82, 2.24) is 14.5 Å². The summed E-state index contributed by atoms with van der Waals surface area (Å²) in [6.45, 7) is 2.96. The molecular weight excluding hydrogens is 378 g/mol. The van der Waals surface area contributed by atoms with Gasteiger partial charge in [-0.1, -0.05) is 6.07 Å². The Labute approximate surface area is 176 Å². The number of likely N-dealkylation sites (tertiary alicyclic amines) is 1. The summed E-state index contributed by atoms with van der Waals surface area (Å²) in [6.07, 6.45) is 11.7. The van der Waals surface area contributed by atoms with E-state index in [0.717, 1.165) is 56.8 Å². The average molecular weight is 408 g/mol. The van der Waals surface area contributed by atoms with E-state index in [1.54, 1.807) is 6.07 Å². The number of ether oxygens (including phenoxy) is 1. The molecule has 2 N–H and O–H groups in total. The Hall–Kier alpha value is -2.05. The number of rotatable bonds is 4. The highest BCUT2D eigenvalue weighted by Gasteiger charge is 2.72. The number of hydrogen-bond acceptors (Lipinski definition) is 5. The van der Waals surface area contributed by atoms with E-state index in [2.05, 4.69) is 20.5 Å². The summed E-state index contributed by atoms with van der Waals surface area (Å²) in [5.41, 5.74) is 1.18. The zero-order chi connectivity index (χ0) is 20.1. The molecular formula is C24H29N3O3. The lowest BCUT2D eigenvalue weighted by Crippen LogP contribution is -2.76. The number of hydrogen-bond donors (Lipinski definition) is 2. The Kier molecular flexibility index (Phi) is 3.40. The van der Waals surface area contributed by atoms with Crippen molar-refractivity contribution < 1.29 is 14.9 Å². The topological polar surface area (TPSA) is 70.8 Å². The van der Waals surface area contributed by atoms with Crippen LogP contribution < -0.4 is 4.74 Å². The zero-order valence-corrected chi connectivity index (χ0v) is 17.2. The van der Waals surface area contributed by atoms with Gasteiger partial charge < -0.3 is 19.5 Å². The van der Waals surface area contributed by atoms with Gasteiger partial charge in [0.2, 0.25) is 0 Å². The molecule has 1 saturated heterocycles. The smallest absolute Gasteiger partial charge is 0.165 e. The van der Waals surface area contributed by atoms with E-state index in [1.807, 2.05) is 18.7 Å². The monoisotopic (exact) mass is 407 g/mol. The molecule has 6 heteroatoms. The Morgan fingerprint density at radius 1 is 1.17 bits per heavy atom. The second-order valence-corrected chi connectivity index (χ2v) is 10.3. The molecule has 0 amide bonds. The van der Waals surface area contributed by atoms with Crippen LogP contribution in [0.3, 0.4) is 0 Å². The lowest BCUT2D eigenvalue weighted by atomic mass is 9.47. The fraction of sp³-hybridized carbons (Fsp3) is 0.625. The number of phenols is 1. The normalized spacial score (nSPS) is 38.9. The summed E-state index contributed by atoms with van der Waals surface area (Å²) in [5, 5.41) is 23.1. The molecule has 3 heterocycles. The van der Waals surface area contributed by atoms with Crippen LogP contribution in [0.15, 0.2) is 30.9 Å². The minimum atomic E-state index is -0.789. The average Bonchev–Trinajstić information content (AvgIpc) is 3.25. The van der Waals surface area contributed by atoms with Crippen LogP contribution in [0, 0.1) is 11.8 Å². The van der Waals surface area contributed by atoms with Gasteiger partial charge in [-0.15, -0.1) is 0 Å². The van der Waals surface area contributed by atoms with E-state index in [1.165, 1.54) is 18.4 Å². The van der Waals surface area contributed by atoms with E-state index in [9.17, 15) is 10.2 Å². The molecule has 1 spiro atoms. The van der Waals surface area contributed by atoms with Crippen molar-refractivity contribution in [2.75, 3.05) is 13.1 Å². The molecule has 6 nitrogen and oxygen atoms in total. The minimum Gasteiger partial charge on any atom is -0.504 e. The van der Waals surface area contributed by atoms with Crippen molar-refractivity contribution >= 4 is 0 Å². The molecule has 7 rings (SSSR count). The number of aromatic nitrogens is 2.